The number of rotatable bonds is 4. The molecule has 1 aliphatic rings. The lowest BCUT2D eigenvalue weighted by Crippen LogP contribution is -2.22. The Bertz CT molecular complexity index is 566. The molecule has 1 unspecified atom stereocenters. The number of benzene rings is 1. The molecule has 1 saturated heterocycles. The van der Waals surface area contributed by atoms with E-state index < -0.39 is 17.1 Å². The molecule has 0 saturated carbocycles. The summed E-state index contributed by atoms with van der Waals surface area (Å²) in [6.45, 7) is 0.300. The molecule has 1 N–H and O–H groups in total. The lowest BCUT2D eigenvalue weighted by molar-refractivity contribution is -0.385. The van der Waals surface area contributed by atoms with Gasteiger partial charge in [-0.05, 0) is 12.1 Å². The summed E-state index contributed by atoms with van der Waals surface area (Å²) in [5.74, 6) is 0.0342. The zero-order valence-electron chi connectivity index (χ0n) is 9.66. The largest absolute Gasteiger partial charge is 0.483 e. The van der Waals surface area contributed by atoms with Crippen molar-refractivity contribution in [1.29, 1.82) is 5.26 Å². The van der Waals surface area contributed by atoms with E-state index in [1.807, 2.05) is 6.07 Å². The molecule has 1 aromatic rings. The molecule has 98 valence electrons. The van der Waals surface area contributed by atoms with Gasteiger partial charge in [-0.2, -0.15) is 5.26 Å². The van der Waals surface area contributed by atoms with Crippen LogP contribution in [0.15, 0.2) is 18.2 Å². The highest BCUT2D eigenvalue weighted by molar-refractivity contribution is 5.69. The highest BCUT2D eigenvalue weighted by Crippen LogP contribution is 2.28. The molecule has 8 nitrogen and oxygen atoms in total. The molecule has 1 heterocycles. The molecular formula is C11H9N3O5. The van der Waals surface area contributed by atoms with Crippen LogP contribution >= 0.6 is 0 Å². The summed E-state index contributed by atoms with van der Waals surface area (Å²) in [5, 5.41) is 22.0. The van der Waals surface area contributed by atoms with Gasteiger partial charge in [0.05, 0.1) is 23.1 Å². The Morgan fingerprint density at radius 2 is 2.42 bits per heavy atom. The number of cyclic esters (lactones) is 1. The number of nitriles is 1. The highest BCUT2D eigenvalue weighted by Gasteiger charge is 2.24. The number of hydrogen-bond acceptors (Lipinski definition) is 6. The summed E-state index contributed by atoms with van der Waals surface area (Å²) < 4.78 is 10.1. The van der Waals surface area contributed by atoms with Gasteiger partial charge in [-0.3, -0.25) is 10.1 Å². The van der Waals surface area contributed by atoms with Crippen molar-refractivity contribution in [3.8, 4) is 11.8 Å². The SMILES string of the molecule is N#Cc1ccc(OCC2CNC(=O)O2)c([N+](=O)[O-])c1. The van der Waals surface area contributed by atoms with Crippen LogP contribution in [0.4, 0.5) is 10.5 Å². The zero-order chi connectivity index (χ0) is 13.8. The first-order valence-electron chi connectivity index (χ1n) is 5.36. The van der Waals surface area contributed by atoms with Crippen molar-refractivity contribution >= 4 is 11.8 Å². The van der Waals surface area contributed by atoms with E-state index in [9.17, 15) is 14.9 Å². The minimum absolute atomic E-state index is 0.00544. The summed E-state index contributed by atoms with van der Waals surface area (Å²) in [7, 11) is 0. The third-order valence-corrected chi connectivity index (χ3v) is 2.46. The summed E-state index contributed by atoms with van der Waals surface area (Å²) >= 11 is 0. The number of amides is 1. The molecule has 0 aliphatic carbocycles. The fraction of sp³-hybridized carbons (Fsp3) is 0.273. The number of carbonyl (C=O) groups excluding carboxylic acids is 1. The maximum atomic E-state index is 10.9. The van der Waals surface area contributed by atoms with Crippen LogP contribution in [-0.2, 0) is 4.74 Å². The Morgan fingerprint density at radius 1 is 1.63 bits per heavy atom. The van der Waals surface area contributed by atoms with Crippen molar-refractivity contribution in [2.24, 2.45) is 0 Å². The molecule has 19 heavy (non-hydrogen) atoms. The second-order valence-corrected chi connectivity index (χ2v) is 3.77. The first kappa shape index (κ1) is 12.6. The molecule has 8 heteroatoms. The van der Waals surface area contributed by atoms with Crippen molar-refractivity contribution < 1.29 is 19.2 Å². The standard InChI is InChI=1S/C11H9N3O5/c12-4-7-1-2-10(9(3-7)14(16)17)18-6-8-5-13-11(15)19-8/h1-3,8H,5-6H2,(H,13,15). The van der Waals surface area contributed by atoms with Gasteiger partial charge in [-0.15, -0.1) is 0 Å². The maximum Gasteiger partial charge on any atom is 0.407 e. The van der Waals surface area contributed by atoms with E-state index in [1.54, 1.807) is 0 Å². The van der Waals surface area contributed by atoms with Crippen LogP contribution in [-0.4, -0.2) is 30.3 Å². The molecule has 2 rings (SSSR count). The Morgan fingerprint density at radius 3 is 3.00 bits per heavy atom. The fourth-order valence-electron chi connectivity index (χ4n) is 1.56. The summed E-state index contributed by atoms with van der Waals surface area (Å²) in [5.41, 5.74) is -0.121. The van der Waals surface area contributed by atoms with Crippen LogP contribution < -0.4 is 10.1 Å². The van der Waals surface area contributed by atoms with Gasteiger partial charge >= 0.3 is 11.8 Å². The summed E-state index contributed by atoms with van der Waals surface area (Å²) in [6.07, 6.45) is -1.02. The second kappa shape index (κ2) is 5.22. The van der Waals surface area contributed by atoms with Crippen LogP contribution in [0.3, 0.4) is 0 Å². The van der Waals surface area contributed by atoms with Gasteiger partial charge in [-0.1, -0.05) is 0 Å². The molecule has 0 bridgehead atoms. The van der Waals surface area contributed by atoms with Crippen LogP contribution in [0.25, 0.3) is 0 Å². The van der Waals surface area contributed by atoms with Crippen LogP contribution in [0.2, 0.25) is 0 Å². The third kappa shape index (κ3) is 2.90. The lowest BCUT2D eigenvalue weighted by atomic mass is 10.2. The number of nitro benzene ring substituents is 1. The van der Waals surface area contributed by atoms with Crippen molar-refractivity contribution in [1.82, 2.24) is 5.32 Å². The molecule has 0 radical (unpaired) electrons. The topological polar surface area (TPSA) is 114 Å². The molecule has 1 aliphatic heterocycles. The summed E-state index contributed by atoms with van der Waals surface area (Å²) in [6, 6.07) is 5.71. The monoisotopic (exact) mass is 263 g/mol. The van der Waals surface area contributed by atoms with Crippen molar-refractivity contribution in [3.05, 3.63) is 33.9 Å². The Hall–Kier alpha value is -2.82. The highest BCUT2D eigenvalue weighted by atomic mass is 16.6. The van der Waals surface area contributed by atoms with Crippen molar-refractivity contribution in [3.63, 3.8) is 0 Å². The van der Waals surface area contributed by atoms with Gasteiger partial charge in [0.15, 0.2) is 11.9 Å². The average molecular weight is 263 g/mol. The van der Waals surface area contributed by atoms with Crippen molar-refractivity contribution in [2.45, 2.75) is 6.10 Å². The van der Waals surface area contributed by atoms with E-state index in [-0.39, 0.29) is 23.6 Å². The molecule has 1 aromatic carbocycles. The molecule has 0 aromatic heterocycles. The molecular weight excluding hydrogens is 254 g/mol. The quantitative estimate of drug-likeness (QED) is 0.638. The average Bonchev–Trinajstić information content (AvgIpc) is 2.82. The van der Waals surface area contributed by atoms with Gasteiger partial charge in [0, 0.05) is 6.07 Å². The van der Waals surface area contributed by atoms with E-state index in [1.165, 1.54) is 12.1 Å². The van der Waals surface area contributed by atoms with Crippen LogP contribution in [0.5, 0.6) is 5.75 Å². The number of nitrogens with zero attached hydrogens (tertiary/aromatic N) is 2. The van der Waals surface area contributed by atoms with E-state index in [0.717, 1.165) is 6.07 Å². The number of carbonyl (C=O) groups is 1. The van der Waals surface area contributed by atoms with Gasteiger partial charge in [0.1, 0.15) is 6.61 Å². The zero-order valence-corrected chi connectivity index (χ0v) is 9.66. The van der Waals surface area contributed by atoms with Crippen LogP contribution in [0.1, 0.15) is 5.56 Å². The Labute approximate surface area is 107 Å². The molecule has 1 amide bonds. The predicted molar refractivity (Wildman–Crippen MR) is 61.6 cm³/mol. The lowest BCUT2D eigenvalue weighted by Gasteiger charge is -2.10. The number of nitro groups is 1. The van der Waals surface area contributed by atoms with Gasteiger partial charge in [0.25, 0.3) is 0 Å². The Kier molecular flexibility index (Phi) is 3.47. The summed E-state index contributed by atoms with van der Waals surface area (Å²) in [4.78, 5) is 21.0. The smallest absolute Gasteiger partial charge is 0.407 e. The van der Waals surface area contributed by atoms with Crippen molar-refractivity contribution in [2.75, 3.05) is 13.2 Å². The third-order valence-electron chi connectivity index (χ3n) is 2.46. The number of hydrogen-bond donors (Lipinski definition) is 1. The molecule has 1 fully saturated rings. The van der Waals surface area contributed by atoms with E-state index >= 15 is 0 Å². The van der Waals surface area contributed by atoms with E-state index in [2.05, 4.69) is 5.32 Å². The first-order valence-corrected chi connectivity index (χ1v) is 5.36. The minimum Gasteiger partial charge on any atom is -0.483 e. The Balaban J connectivity index is 2.09. The molecule has 0 spiro atoms. The normalized spacial score (nSPS) is 17.2. The van der Waals surface area contributed by atoms with Gasteiger partial charge < -0.3 is 14.8 Å². The van der Waals surface area contributed by atoms with E-state index in [0.29, 0.717) is 6.54 Å². The predicted octanol–water partition coefficient (Wildman–Crippen LogP) is 0.954. The van der Waals surface area contributed by atoms with Gasteiger partial charge in [-0.25, -0.2) is 4.79 Å². The number of ether oxygens (including phenoxy) is 2. The van der Waals surface area contributed by atoms with Crippen LogP contribution in [0, 0.1) is 21.4 Å². The fourth-order valence-corrected chi connectivity index (χ4v) is 1.56. The number of nitrogens with one attached hydrogen (secondary N) is 1. The maximum absolute atomic E-state index is 10.9. The molecule has 1 atom stereocenters. The van der Waals surface area contributed by atoms with E-state index in [4.69, 9.17) is 14.7 Å². The minimum atomic E-state index is -0.630. The van der Waals surface area contributed by atoms with Gasteiger partial charge in [0.2, 0.25) is 0 Å². The first-order chi connectivity index (χ1) is 9.10. The second-order valence-electron chi connectivity index (χ2n) is 3.77. The number of alkyl carbamates (subject to hydrolysis) is 1.